The Morgan fingerprint density at radius 2 is 1.62 bits per heavy atom. The average Bonchev–Trinajstić information content (AvgIpc) is 3.37. The highest BCUT2D eigenvalue weighted by Crippen LogP contribution is 2.53. The lowest BCUT2D eigenvalue weighted by Crippen LogP contribution is -2.33. The zero-order chi connectivity index (χ0) is 28.1. The molecule has 0 radical (unpaired) electrons. The Kier molecular flexibility index (Phi) is 6.85. The molecule has 6 rings (SSSR count). The van der Waals surface area contributed by atoms with E-state index in [0.29, 0.717) is 31.9 Å². The molecule has 1 fully saturated rings. The summed E-state index contributed by atoms with van der Waals surface area (Å²) in [6, 6.07) is 19.4. The van der Waals surface area contributed by atoms with Crippen molar-refractivity contribution in [1.29, 1.82) is 0 Å². The maximum Gasteiger partial charge on any atom is 0.308 e. The summed E-state index contributed by atoms with van der Waals surface area (Å²) in [4.78, 5) is 55.0. The number of nitrogens with zero attached hydrogens (tertiary/aromatic N) is 2. The number of amides is 3. The van der Waals surface area contributed by atoms with E-state index in [1.165, 1.54) is 16.7 Å². The smallest absolute Gasteiger partial charge is 0.308 e. The Morgan fingerprint density at radius 3 is 2.30 bits per heavy atom. The number of halogens is 2. The molecule has 3 aromatic carbocycles. The van der Waals surface area contributed by atoms with E-state index in [1.54, 1.807) is 48.5 Å². The first-order valence-corrected chi connectivity index (χ1v) is 14.4. The van der Waals surface area contributed by atoms with Gasteiger partial charge in [0, 0.05) is 21.5 Å². The van der Waals surface area contributed by atoms with Crippen LogP contribution in [-0.2, 0) is 20.9 Å². The number of fused-ring (bicyclic) bond motifs is 2. The Labute approximate surface area is 241 Å². The van der Waals surface area contributed by atoms with Gasteiger partial charge in [0.15, 0.2) is 0 Å². The molecule has 4 aromatic rings. The number of aromatic nitrogens is 1. The number of anilines is 2. The van der Waals surface area contributed by atoms with Gasteiger partial charge in [-0.2, -0.15) is 0 Å². The molecule has 3 amide bonds. The standard InChI is InChI=1S/C29H21ClFN3O4S2/c1-15-2-10-19(11-3-15)32-21(35)14-33-28-25(40-29(33)38)22(16-4-8-18(31)9-5-16)23-24(39-28)27(37)34(26(23)36)20-12-6-17(30)7-13-20/h2-13,22-24H,14H2,1H3,(H,32,35)/t22-,23-,24+/m0/s1. The third-order valence-electron chi connectivity index (χ3n) is 7.00. The Balaban J connectivity index is 1.40. The molecule has 0 unspecified atom stereocenters. The van der Waals surface area contributed by atoms with Crippen LogP contribution in [0.5, 0.6) is 0 Å². The van der Waals surface area contributed by atoms with Crippen molar-refractivity contribution in [2.45, 2.75) is 29.7 Å². The van der Waals surface area contributed by atoms with Gasteiger partial charge in [0.1, 0.15) is 17.6 Å². The van der Waals surface area contributed by atoms with Crippen molar-refractivity contribution in [2.75, 3.05) is 10.2 Å². The molecule has 0 bridgehead atoms. The average molecular weight is 594 g/mol. The van der Waals surface area contributed by atoms with Crippen LogP contribution in [0.25, 0.3) is 0 Å². The van der Waals surface area contributed by atoms with Crippen molar-refractivity contribution < 1.29 is 18.8 Å². The summed E-state index contributed by atoms with van der Waals surface area (Å²) in [6.45, 7) is 1.68. The minimum absolute atomic E-state index is 0.262. The van der Waals surface area contributed by atoms with E-state index >= 15 is 0 Å². The van der Waals surface area contributed by atoms with Crippen LogP contribution < -0.4 is 15.1 Å². The number of thioether (sulfide) groups is 1. The summed E-state index contributed by atoms with van der Waals surface area (Å²) < 4.78 is 15.2. The van der Waals surface area contributed by atoms with Crippen molar-refractivity contribution in [3.05, 3.63) is 109 Å². The molecule has 40 heavy (non-hydrogen) atoms. The summed E-state index contributed by atoms with van der Waals surface area (Å²) in [5.74, 6) is -3.16. The molecule has 11 heteroatoms. The number of carbonyl (C=O) groups is 3. The van der Waals surface area contributed by atoms with Crippen LogP contribution in [-0.4, -0.2) is 27.5 Å². The van der Waals surface area contributed by atoms with Gasteiger partial charge in [-0.25, -0.2) is 9.29 Å². The first-order valence-electron chi connectivity index (χ1n) is 12.4. The first kappa shape index (κ1) is 26.5. The predicted molar refractivity (Wildman–Crippen MR) is 154 cm³/mol. The van der Waals surface area contributed by atoms with Crippen molar-refractivity contribution >= 4 is 63.8 Å². The molecule has 1 N–H and O–H groups in total. The van der Waals surface area contributed by atoms with Crippen molar-refractivity contribution in [2.24, 2.45) is 5.92 Å². The number of carbonyl (C=O) groups excluding carboxylic acids is 3. The molecule has 1 saturated heterocycles. The molecule has 2 aliphatic rings. The number of imide groups is 1. The SMILES string of the molecule is Cc1ccc(NC(=O)Cn2c3c(sc2=O)[C@@H](c2ccc(F)cc2)[C@@H]2C(=O)N(c4ccc(Cl)cc4)C(=O)[C@@H]2S3)cc1. The van der Waals surface area contributed by atoms with Gasteiger partial charge in [-0.1, -0.05) is 64.5 Å². The second-order valence-electron chi connectivity index (χ2n) is 9.62. The summed E-state index contributed by atoms with van der Waals surface area (Å²) in [6.07, 6.45) is 0. The zero-order valence-corrected chi connectivity index (χ0v) is 23.4. The van der Waals surface area contributed by atoms with E-state index in [-0.39, 0.29) is 11.4 Å². The highest BCUT2D eigenvalue weighted by molar-refractivity contribution is 8.00. The zero-order valence-electron chi connectivity index (χ0n) is 21.0. The molecule has 7 nitrogen and oxygen atoms in total. The molecule has 3 heterocycles. The second-order valence-corrected chi connectivity index (χ2v) is 12.2. The van der Waals surface area contributed by atoms with Gasteiger partial charge in [0.25, 0.3) is 0 Å². The maximum absolute atomic E-state index is 13.8. The predicted octanol–water partition coefficient (Wildman–Crippen LogP) is 5.45. The normalized spacial score (nSPS) is 19.9. The second kappa shape index (κ2) is 10.3. The van der Waals surface area contributed by atoms with Gasteiger partial charge in [-0.15, -0.1) is 0 Å². The monoisotopic (exact) mass is 593 g/mol. The number of hydrogen-bond acceptors (Lipinski definition) is 6. The molecule has 1 aromatic heterocycles. The van der Waals surface area contributed by atoms with Crippen LogP contribution in [0.1, 0.15) is 21.9 Å². The van der Waals surface area contributed by atoms with E-state index < -0.39 is 40.6 Å². The summed E-state index contributed by atoms with van der Waals surface area (Å²) in [5, 5.41) is 2.89. The number of hydrogen-bond donors (Lipinski definition) is 1. The number of benzene rings is 3. The Morgan fingerprint density at radius 1 is 0.950 bits per heavy atom. The van der Waals surface area contributed by atoms with E-state index in [1.807, 2.05) is 19.1 Å². The van der Waals surface area contributed by atoms with Crippen LogP contribution in [0.2, 0.25) is 5.02 Å². The van der Waals surface area contributed by atoms with E-state index in [2.05, 4.69) is 5.32 Å². The van der Waals surface area contributed by atoms with Gasteiger partial charge in [-0.3, -0.25) is 23.7 Å². The Hall–Kier alpha value is -3.73. The van der Waals surface area contributed by atoms with Gasteiger partial charge in [0.2, 0.25) is 17.7 Å². The molecule has 2 aliphatic heterocycles. The van der Waals surface area contributed by atoms with Gasteiger partial charge < -0.3 is 5.32 Å². The van der Waals surface area contributed by atoms with E-state index in [9.17, 15) is 23.6 Å². The molecular formula is C29H21ClFN3O4S2. The largest absolute Gasteiger partial charge is 0.325 e. The lowest BCUT2D eigenvalue weighted by atomic mass is 9.83. The molecule has 3 atom stereocenters. The van der Waals surface area contributed by atoms with Crippen LogP contribution >= 0.6 is 34.7 Å². The first-order chi connectivity index (χ1) is 19.2. The van der Waals surface area contributed by atoms with Crippen molar-refractivity contribution in [3.63, 3.8) is 0 Å². The maximum atomic E-state index is 13.8. The fraction of sp³-hybridized carbons (Fsp3) is 0.172. The summed E-state index contributed by atoms with van der Waals surface area (Å²) in [7, 11) is 0. The number of thiazole rings is 1. The molecule has 0 spiro atoms. The lowest BCUT2D eigenvalue weighted by molar-refractivity contribution is -0.122. The van der Waals surface area contributed by atoms with Crippen LogP contribution in [0.4, 0.5) is 15.8 Å². The number of rotatable bonds is 5. The molecule has 202 valence electrons. The third-order valence-corrected chi connectivity index (χ3v) is 9.86. The van der Waals surface area contributed by atoms with Gasteiger partial charge in [0.05, 0.1) is 16.6 Å². The summed E-state index contributed by atoms with van der Waals surface area (Å²) >= 11 is 8.08. The molecular weight excluding hydrogens is 573 g/mol. The minimum atomic E-state index is -0.842. The topological polar surface area (TPSA) is 88.5 Å². The number of nitrogens with one attached hydrogen (secondary N) is 1. The minimum Gasteiger partial charge on any atom is -0.325 e. The summed E-state index contributed by atoms with van der Waals surface area (Å²) in [5.41, 5.74) is 2.64. The van der Waals surface area contributed by atoms with Crippen molar-refractivity contribution in [1.82, 2.24) is 4.57 Å². The molecule has 0 aliphatic carbocycles. The highest BCUT2D eigenvalue weighted by atomic mass is 35.5. The van der Waals surface area contributed by atoms with E-state index in [4.69, 9.17) is 11.6 Å². The van der Waals surface area contributed by atoms with Crippen LogP contribution in [0.15, 0.2) is 82.6 Å². The highest BCUT2D eigenvalue weighted by Gasteiger charge is 2.56. The van der Waals surface area contributed by atoms with Gasteiger partial charge >= 0.3 is 4.87 Å². The quantitative estimate of drug-likeness (QED) is 0.311. The van der Waals surface area contributed by atoms with E-state index in [0.717, 1.165) is 33.6 Å². The molecule has 0 saturated carbocycles. The van der Waals surface area contributed by atoms with Crippen molar-refractivity contribution in [3.8, 4) is 0 Å². The van der Waals surface area contributed by atoms with Gasteiger partial charge in [-0.05, 0) is 61.0 Å². The fourth-order valence-electron chi connectivity index (χ4n) is 5.11. The van der Waals surface area contributed by atoms with Crippen LogP contribution in [0, 0.1) is 18.7 Å². The van der Waals surface area contributed by atoms with Crippen LogP contribution in [0.3, 0.4) is 0 Å². The Bertz CT molecular complexity index is 1700. The third kappa shape index (κ3) is 4.66. The number of aryl methyl sites for hydroxylation is 1. The fourth-order valence-corrected chi connectivity index (χ4v) is 8.01. The lowest BCUT2D eigenvalue weighted by Gasteiger charge is -2.30.